The van der Waals surface area contributed by atoms with Gasteiger partial charge in [0.05, 0.1) is 11.1 Å². The van der Waals surface area contributed by atoms with Crippen molar-refractivity contribution in [1.82, 2.24) is 23.9 Å². The molecule has 0 amide bonds. The summed E-state index contributed by atoms with van der Waals surface area (Å²) in [6, 6.07) is 4.38. The molecule has 0 atom stereocenters. The number of halogens is 1. The highest BCUT2D eigenvalue weighted by Crippen LogP contribution is 2.28. The first-order chi connectivity index (χ1) is 15.3. The summed E-state index contributed by atoms with van der Waals surface area (Å²) in [6.07, 6.45) is 5.03. The maximum atomic E-state index is 15.2. The van der Waals surface area contributed by atoms with Crippen LogP contribution in [0.2, 0.25) is 0 Å². The molecule has 32 heavy (non-hydrogen) atoms. The van der Waals surface area contributed by atoms with Crippen molar-refractivity contribution in [3.8, 4) is 11.4 Å². The molecular weight excluding hydrogens is 413 g/mol. The number of aliphatic hydroxyl groups excluding tert-OH is 1. The van der Waals surface area contributed by atoms with Crippen LogP contribution >= 0.6 is 0 Å². The number of fused-ring (bicyclic) bond motifs is 1. The lowest BCUT2D eigenvalue weighted by Gasteiger charge is -2.17. The molecule has 4 rings (SSSR count). The van der Waals surface area contributed by atoms with Gasteiger partial charge in [0.1, 0.15) is 18.1 Å². The molecule has 0 bridgehead atoms. The SMILES string of the molecule is CCn1c(CO)nn(-c2cc3c(C(C)C)cn(-c4ccncc4C)c(=O)c3cc2F)c1=O. The zero-order valence-corrected chi connectivity index (χ0v) is 18.3. The summed E-state index contributed by atoms with van der Waals surface area (Å²) in [5, 5.41) is 14.4. The molecule has 1 N–H and O–H groups in total. The predicted molar refractivity (Wildman–Crippen MR) is 119 cm³/mol. The van der Waals surface area contributed by atoms with Crippen LogP contribution in [0.3, 0.4) is 0 Å². The molecule has 0 aliphatic heterocycles. The molecule has 0 spiro atoms. The third-order valence-electron chi connectivity index (χ3n) is 5.61. The number of aliphatic hydroxyl groups is 1. The van der Waals surface area contributed by atoms with Gasteiger partial charge in [-0.3, -0.25) is 18.9 Å². The maximum absolute atomic E-state index is 15.2. The lowest BCUT2D eigenvalue weighted by Crippen LogP contribution is -2.25. The predicted octanol–water partition coefficient (Wildman–Crippen LogP) is 2.82. The summed E-state index contributed by atoms with van der Waals surface area (Å²) in [6.45, 7) is 7.40. The summed E-state index contributed by atoms with van der Waals surface area (Å²) < 4.78 is 19.0. The van der Waals surface area contributed by atoms with Gasteiger partial charge in [0.2, 0.25) is 0 Å². The number of aromatic nitrogens is 5. The Kier molecular flexibility index (Phi) is 5.52. The van der Waals surface area contributed by atoms with E-state index in [-0.39, 0.29) is 34.9 Å². The number of hydrogen-bond donors (Lipinski definition) is 1. The van der Waals surface area contributed by atoms with Crippen LogP contribution in [0, 0.1) is 12.7 Å². The first-order valence-corrected chi connectivity index (χ1v) is 10.4. The van der Waals surface area contributed by atoms with Gasteiger partial charge in [0.15, 0.2) is 5.82 Å². The van der Waals surface area contributed by atoms with Gasteiger partial charge in [-0.05, 0) is 54.5 Å². The van der Waals surface area contributed by atoms with Crippen molar-refractivity contribution in [2.45, 2.75) is 46.8 Å². The first kappa shape index (κ1) is 21.6. The minimum atomic E-state index is -0.749. The van der Waals surface area contributed by atoms with E-state index in [0.29, 0.717) is 11.1 Å². The van der Waals surface area contributed by atoms with Crippen LogP contribution in [-0.2, 0) is 13.2 Å². The van der Waals surface area contributed by atoms with Crippen LogP contribution in [0.25, 0.3) is 22.1 Å². The molecule has 166 valence electrons. The van der Waals surface area contributed by atoms with E-state index in [1.54, 1.807) is 31.6 Å². The monoisotopic (exact) mass is 437 g/mol. The summed E-state index contributed by atoms with van der Waals surface area (Å²) in [5.41, 5.74) is 1.32. The summed E-state index contributed by atoms with van der Waals surface area (Å²) in [5.74, 6) is -0.590. The van der Waals surface area contributed by atoms with E-state index in [0.717, 1.165) is 21.9 Å². The van der Waals surface area contributed by atoms with Gasteiger partial charge in [-0.2, -0.15) is 4.68 Å². The normalized spacial score (nSPS) is 11.6. The Morgan fingerprint density at radius 1 is 1.16 bits per heavy atom. The Balaban J connectivity index is 2.06. The molecule has 0 aliphatic carbocycles. The number of aryl methyl sites for hydroxylation is 1. The quantitative estimate of drug-likeness (QED) is 0.518. The van der Waals surface area contributed by atoms with Crippen molar-refractivity contribution in [2.24, 2.45) is 0 Å². The molecule has 0 aliphatic rings. The van der Waals surface area contributed by atoms with Gasteiger partial charge < -0.3 is 5.11 Å². The molecule has 0 radical (unpaired) electrons. The van der Waals surface area contributed by atoms with E-state index in [2.05, 4.69) is 10.1 Å². The number of rotatable bonds is 5. The second-order valence-electron chi connectivity index (χ2n) is 7.94. The molecule has 0 saturated carbocycles. The number of benzene rings is 1. The van der Waals surface area contributed by atoms with E-state index >= 15 is 4.39 Å². The van der Waals surface area contributed by atoms with E-state index in [9.17, 15) is 14.7 Å². The van der Waals surface area contributed by atoms with Crippen LogP contribution < -0.4 is 11.2 Å². The van der Waals surface area contributed by atoms with E-state index < -0.39 is 18.1 Å². The second-order valence-corrected chi connectivity index (χ2v) is 7.94. The molecule has 8 nitrogen and oxygen atoms in total. The van der Waals surface area contributed by atoms with Crippen LogP contribution in [0.4, 0.5) is 4.39 Å². The minimum Gasteiger partial charge on any atom is -0.388 e. The van der Waals surface area contributed by atoms with Crippen LogP contribution in [0.1, 0.15) is 43.6 Å². The summed E-state index contributed by atoms with van der Waals surface area (Å²) in [4.78, 5) is 30.1. The lowest BCUT2D eigenvalue weighted by atomic mass is 9.97. The molecule has 9 heteroatoms. The molecule has 4 aromatic rings. The Bertz CT molecular complexity index is 1450. The van der Waals surface area contributed by atoms with Crippen molar-refractivity contribution in [2.75, 3.05) is 0 Å². The third kappa shape index (κ3) is 3.34. The molecule has 3 heterocycles. The van der Waals surface area contributed by atoms with Gasteiger partial charge in [-0.15, -0.1) is 5.10 Å². The average molecular weight is 437 g/mol. The zero-order chi connectivity index (χ0) is 23.2. The highest BCUT2D eigenvalue weighted by molar-refractivity contribution is 5.87. The number of pyridine rings is 2. The molecule has 0 unspecified atom stereocenters. The Labute approximate surface area is 183 Å². The lowest BCUT2D eigenvalue weighted by molar-refractivity contribution is 0.264. The molecular formula is C23H24FN5O3. The fourth-order valence-corrected chi connectivity index (χ4v) is 3.94. The van der Waals surface area contributed by atoms with Gasteiger partial charge in [0, 0.05) is 25.1 Å². The van der Waals surface area contributed by atoms with Gasteiger partial charge in [-0.25, -0.2) is 9.18 Å². The zero-order valence-electron chi connectivity index (χ0n) is 18.3. The standard InChI is InChI=1S/C23H24FN5O3/c1-5-27-21(12-30)26-29(23(27)32)20-9-15-16(8-18(20)24)22(31)28(11-17(15)13(2)3)19-6-7-25-10-14(19)4/h6-11,13,30H,5,12H2,1-4H3. The molecule has 0 fully saturated rings. The van der Waals surface area contributed by atoms with Gasteiger partial charge in [0.25, 0.3) is 5.56 Å². The van der Waals surface area contributed by atoms with E-state index in [1.807, 2.05) is 20.8 Å². The second kappa shape index (κ2) is 8.16. The van der Waals surface area contributed by atoms with Crippen LogP contribution in [0.15, 0.2) is 46.4 Å². The fraction of sp³-hybridized carbons (Fsp3) is 0.304. The van der Waals surface area contributed by atoms with Crippen LogP contribution in [0.5, 0.6) is 0 Å². The summed E-state index contributed by atoms with van der Waals surface area (Å²) >= 11 is 0. The van der Waals surface area contributed by atoms with E-state index in [1.165, 1.54) is 15.2 Å². The van der Waals surface area contributed by atoms with Crippen LogP contribution in [-0.4, -0.2) is 29.0 Å². The third-order valence-corrected chi connectivity index (χ3v) is 5.61. The topological polar surface area (TPSA) is 94.9 Å². The number of nitrogens with zero attached hydrogens (tertiary/aromatic N) is 5. The maximum Gasteiger partial charge on any atom is 0.350 e. The first-order valence-electron chi connectivity index (χ1n) is 10.4. The van der Waals surface area contributed by atoms with Gasteiger partial charge in [-0.1, -0.05) is 13.8 Å². The van der Waals surface area contributed by atoms with Crippen molar-refractivity contribution in [1.29, 1.82) is 0 Å². The highest BCUT2D eigenvalue weighted by atomic mass is 19.1. The minimum absolute atomic E-state index is 0.0164. The smallest absolute Gasteiger partial charge is 0.350 e. The van der Waals surface area contributed by atoms with E-state index in [4.69, 9.17) is 0 Å². The molecule has 0 saturated heterocycles. The van der Waals surface area contributed by atoms with Crippen molar-refractivity contribution in [3.05, 3.63) is 80.4 Å². The largest absolute Gasteiger partial charge is 0.388 e. The Morgan fingerprint density at radius 3 is 2.50 bits per heavy atom. The van der Waals surface area contributed by atoms with Crippen molar-refractivity contribution >= 4 is 10.8 Å². The van der Waals surface area contributed by atoms with Gasteiger partial charge >= 0.3 is 5.69 Å². The Hall–Kier alpha value is -3.59. The molecule has 1 aromatic carbocycles. The average Bonchev–Trinajstić information content (AvgIpc) is 3.09. The molecule has 3 aromatic heterocycles. The highest BCUT2D eigenvalue weighted by Gasteiger charge is 2.20. The van der Waals surface area contributed by atoms with Crippen molar-refractivity contribution < 1.29 is 9.50 Å². The summed E-state index contributed by atoms with van der Waals surface area (Å²) in [7, 11) is 0. The number of hydrogen-bond acceptors (Lipinski definition) is 5. The fourth-order valence-electron chi connectivity index (χ4n) is 3.94. The Morgan fingerprint density at radius 2 is 1.91 bits per heavy atom. The van der Waals surface area contributed by atoms with Crippen molar-refractivity contribution in [3.63, 3.8) is 0 Å².